The quantitative estimate of drug-likeness (QED) is 0.729. The Hall–Kier alpha value is -0.810. The molecule has 2 fully saturated rings. The number of rotatable bonds is 5. The summed E-state index contributed by atoms with van der Waals surface area (Å²) in [5, 5.41) is 6.63. The van der Waals surface area contributed by atoms with Gasteiger partial charge in [0, 0.05) is 24.7 Å². The first-order valence-electron chi connectivity index (χ1n) is 8.72. The number of ether oxygens (including phenoxy) is 1. The van der Waals surface area contributed by atoms with Crippen molar-refractivity contribution in [3.8, 4) is 0 Å². The van der Waals surface area contributed by atoms with E-state index < -0.39 is 5.60 Å². The molecule has 0 aliphatic heterocycles. The van der Waals surface area contributed by atoms with Crippen LogP contribution < -0.4 is 16.4 Å². The van der Waals surface area contributed by atoms with Crippen LogP contribution in [0.3, 0.4) is 0 Å². The van der Waals surface area contributed by atoms with Gasteiger partial charge in [-0.3, -0.25) is 0 Å². The molecule has 4 N–H and O–H groups in total. The van der Waals surface area contributed by atoms with E-state index in [1.807, 2.05) is 20.8 Å². The summed E-state index contributed by atoms with van der Waals surface area (Å²) in [7, 11) is 0. The Balaban J connectivity index is 1.68. The monoisotopic (exact) mass is 311 g/mol. The first kappa shape index (κ1) is 17.5. The van der Waals surface area contributed by atoms with E-state index in [-0.39, 0.29) is 12.1 Å². The van der Waals surface area contributed by atoms with E-state index in [4.69, 9.17) is 10.5 Å². The van der Waals surface area contributed by atoms with E-state index >= 15 is 0 Å². The van der Waals surface area contributed by atoms with Crippen LogP contribution >= 0.6 is 0 Å². The van der Waals surface area contributed by atoms with Crippen LogP contribution in [0.15, 0.2) is 0 Å². The number of alkyl carbamates (subject to hydrolysis) is 1. The standard InChI is InChI=1S/C17H33N3O2/c1-5-12(18)11-19-13-6-8-17(9-7-13)10-14(17)20-15(21)22-16(2,3)4/h12-14,19H,5-11,18H2,1-4H3,(H,20,21). The van der Waals surface area contributed by atoms with Crippen LogP contribution in [0, 0.1) is 5.41 Å². The molecule has 2 unspecified atom stereocenters. The van der Waals surface area contributed by atoms with E-state index in [2.05, 4.69) is 17.6 Å². The molecule has 0 aromatic heterocycles. The van der Waals surface area contributed by atoms with Gasteiger partial charge in [0.05, 0.1) is 0 Å². The highest BCUT2D eigenvalue weighted by atomic mass is 16.6. The number of hydrogen-bond donors (Lipinski definition) is 3. The van der Waals surface area contributed by atoms with E-state index in [0.29, 0.717) is 17.5 Å². The summed E-state index contributed by atoms with van der Waals surface area (Å²) >= 11 is 0. The second-order valence-corrected chi connectivity index (χ2v) is 8.12. The molecule has 2 aliphatic rings. The topological polar surface area (TPSA) is 76.4 Å². The van der Waals surface area contributed by atoms with Gasteiger partial charge in [-0.25, -0.2) is 4.79 Å². The summed E-state index contributed by atoms with van der Waals surface area (Å²) in [6, 6.07) is 1.16. The average molecular weight is 311 g/mol. The van der Waals surface area contributed by atoms with Crippen molar-refractivity contribution in [2.75, 3.05) is 6.54 Å². The minimum atomic E-state index is -0.425. The molecule has 0 heterocycles. The van der Waals surface area contributed by atoms with Gasteiger partial charge in [-0.15, -0.1) is 0 Å². The third-order valence-corrected chi connectivity index (χ3v) is 5.06. The van der Waals surface area contributed by atoms with E-state index in [1.54, 1.807) is 0 Å². The van der Waals surface area contributed by atoms with Gasteiger partial charge < -0.3 is 21.1 Å². The second-order valence-electron chi connectivity index (χ2n) is 8.12. The highest BCUT2D eigenvalue weighted by Gasteiger charge is 2.55. The number of carbonyl (C=O) groups excluding carboxylic acids is 1. The third kappa shape index (κ3) is 4.85. The highest BCUT2D eigenvalue weighted by Crippen LogP contribution is 2.56. The predicted molar refractivity (Wildman–Crippen MR) is 88.7 cm³/mol. The Morgan fingerprint density at radius 3 is 2.55 bits per heavy atom. The Bertz CT molecular complexity index is 384. The second kappa shape index (κ2) is 6.75. The largest absolute Gasteiger partial charge is 0.444 e. The van der Waals surface area contributed by atoms with Gasteiger partial charge in [0.1, 0.15) is 5.60 Å². The van der Waals surface area contributed by atoms with E-state index in [9.17, 15) is 4.79 Å². The number of amides is 1. The maximum atomic E-state index is 11.9. The lowest BCUT2D eigenvalue weighted by atomic mass is 9.82. The highest BCUT2D eigenvalue weighted by molar-refractivity contribution is 5.68. The molecule has 2 saturated carbocycles. The van der Waals surface area contributed by atoms with Crippen molar-refractivity contribution in [1.29, 1.82) is 0 Å². The van der Waals surface area contributed by atoms with Crippen LogP contribution in [0.2, 0.25) is 0 Å². The molecular weight excluding hydrogens is 278 g/mol. The molecule has 0 bridgehead atoms. The smallest absolute Gasteiger partial charge is 0.407 e. The van der Waals surface area contributed by atoms with Crippen LogP contribution in [-0.4, -0.2) is 36.4 Å². The Morgan fingerprint density at radius 1 is 1.36 bits per heavy atom. The molecule has 2 rings (SSSR count). The van der Waals surface area contributed by atoms with Gasteiger partial charge in [-0.05, 0) is 64.7 Å². The van der Waals surface area contributed by atoms with Crippen LogP contribution in [-0.2, 0) is 4.74 Å². The van der Waals surface area contributed by atoms with Gasteiger partial charge in [0.15, 0.2) is 0 Å². The lowest BCUT2D eigenvalue weighted by Gasteiger charge is -2.31. The summed E-state index contributed by atoms with van der Waals surface area (Å²) < 4.78 is 5.34. The Kier molecular flexibility index (Phi) is 5.38. The normalized spacial score (nSPS) is 32.6. The van der Waals surface area contributed by atoms with Gasteiger partial charge in [0.2, 0.25) is 0 Å². The molecular formula is C17H33N3O2. The van der Waals surface area contributed by atoms with Gasteiger partial charge in [-0.1, -0.05) is 6.92 Å². The lowest BCUT2D eigenvalue weighted by molar-refractivity contribution is 0.0512. The zero-order valence-corrected chi connectivity index (χ0v) is 14.6. The molecule has 0 saturated heterocycles. The summed E-state index contributed by atoms with van der Waals surface area (Å²) in [5.74, 6) is 0. The van der Waals surface area contributed by atoms with Gasteiger partial charge >= 0.3 is 6.09 Å². The van der Waals surface area contributed by atoms with Crippen molar-refractivity contribution in [3.63, 3.8) is 0 Å². The van der Waals surface area contributed by atoms with E-state index in [1.165, 1.54) is 25.7 Å². The van der Waals surface area contributed by atoms with E-state index in [0.717, 1.165) is 19.4 Å². The van der Waals surface area contributed by atoms with Crippen molar-refractivity contribution in [3.05, 3.63) is 0 Å². The number of nitrogens with one attached hydrogen (secondary N) is 2. The molecule has 0 aromatic carbocycles. The summed E-state index contributed by atoms with van der Waals surface area (Å²) in [6.07, 6.45) is 6.59. The molecule has 0 aromatic rings. The molecule has 1 amide bonds. The summed E-state index contributed by atoms with van der Waals surface area (Å²) in [4.78, 5) is 11.9. The van der Waals surface area contributed by atoms with Crippen molar-refractivity contribution >= 4 is 6.09 Å². The maximum absolute atomic E-state index is 11.9. The number of hydrogen-bond acceptors (Lipinski definition) is 4. The van der Waals surface area contributed by atoms with Crippen molar-refractivity contribution < 1.29 is 9.53 Å². The number of nitrogens with two attached hydrogens (primary N) is 1. The molecule has 2 aliphatic carbocycles. The molecule has 1 spiro atoms. The SMILES string of the molecule is CCC(N)CNC1CCC2(CC1)CC2NC(=O)OC(C)(C)C. The van der Waals surface area contributed by atoms with Crippen molar-refractivity contribution in [2.24, 2.45) is 11.1 Å². The zero-order valence-electron chi connectivity index (χ0n) is 14.6. The molecule has 128 valence electrons. The minimum Gasteiger partial charge on any atom is -0.444 e. The average Bonchev–Trinajstić information content (AvgIpc) is 3.07. The molecule has 5 nitrogen and oxygen atoms in total. The Labute approximate surface area is 134 Å². The van der Waals surface area contributed by atoms with Gasteiger partial charge in [-0.2, -0.15) is 0 Å². The fraction of sp³-hybridized carbons (Fsp3) is 0.941. The minimum absolute atomic E-state index is 0.262. The third-order valence-electron chi connectivity index (χ3n) is 5.06. The Morgan fingerprint density at radius 2 is 2.00 bits per heavy atom. The predicted octanol–water partition coefficient (Wildman–Crippen LogP) is 2.54. The first-order valence-corrected chi connectivity index (χ1v) is 8.72. The fourth-order valence-electron chi connectivity index (χ4n) is 3.41. The van der Waals surface area contributed by atoms with Crippen LogP contribution in [0.1, 0.15) is 66.2 Å². The molecule has 0 radical (unpaired) electrons. The molecule has 5 heteroatoms. The molecule has 2 atom stereocenters. The number of carbonyl (C=O) groups is 1. The van der Waals surface area contributed by atoms with Crippen molar-refractivity contribution in [1.82, 2.24) is 10.6 Å². The summed E-state index contributed by atoms with van der Waals surface area (Å²) in [6.45, 7) is 8.72. The molecule has 22 heavy (non-hydrogen) atoms. The first-order chi connectivity index (χ1) is 10.2. The van der Waals surface area contributed by atoms with Crippen LogP contribution in [0.4, 0.5) is 4.79 Å². The summed E-state index contributed by atoms with van der Waals surface area (Å²) in [5.41, 5.74) is 5.87. The van der Waals surface area contributed by atoms with Gasteiger partial charge in [0.25, 0.3) is 0 Å². The van der Waals surface area contributed by atoms with Crippen LogP contribution in [0.25, 0.3) is 0 Å². The zero-order chi connectivity index (χ0) is 16.4. The van der Waals surface area contributed by atoms with Crippen molar-refractivity contribution in [2.45, 2.75) is 89.9 Å². The fourth-order valence-corrected chi connectivity index (χ4v) is 3.41. The van der Waals surface area contributed by atoms with Crippen LogP contribution in [0.5, 0.6) is 0 Å². The lowest BCUT2D eigenvalue weighted by Crippen LogP contribution is -2.42. The maximum Gasteiger partial charge on any atom is 0.407 e.